The normalized spacial score (nSPS) is 18.7. The zero-order chi connectivity index (χ0) is 36.3. The number of ether oxygens (including phenoxy) is 2. The maximum absolute atomic E-state index is 13.6. The molecule has 2 aliphatic heterocycles. The van der Waals surface area contributed by atoms with Crippen LogP contribution >= 0.6 is 23.5 Å². The van der Waals surface area contributed by atoms with E-state index >= 15 is 0 Å². The number of hydrogen-bond acceptors (Lipinski definition) is 12. The number of non-ortho nitro benzene ring substituents is 2. The number of nitro groups is 2. The van der Waals surface area contributed by atoms with E-state index in [0.29, 0.717) is 15.4 Å². The van der Waals surface area contributed by atoms with Gasteiger partial charge in [0, 0.05) is 36.1 Å². The molecule has 3 unspecified atom stereocenters. The van der Waals surface area contributed by atoms with Gasteiger partial charge in [-0.3, -0.25) is 29.9 Å². The summed E-state index contributed by atoms with van der Waals surface area (Å²) in [4.78, 5) is 61.8. The van der Waals surface area contributed by atoms with E-state index in [0.717, 1.165) is 0 Å². The molecule has 17 heteroatoms. The van der Waals surface area contributed by atoms with E-state index in [2.05, 4.69) is 39.2 Å². The SMILES string of the molecule is CC(CNC(=O)OCc1ccc([N+](=O)[O-])cc1)SC1=C(C(=O)OCc2ccc([N+](=O)[O-])cc2)N2C(=O)C(C(C)O[Si](C)(C)C(C)(C)C)[C@H]2S1. The number of carbonyl (C=O) groups excluding carboxylic acids is 3. The maximum Gasteiger partial charge on any atom is 0.407 e. The van der Waals surface area contributed by atoms with E-state index < -0.39 is 36.1 Å². The second-order valence-electron chi connectivity index (χ2n) is 13.3. The van der Waals surface area contributed by atoms with Crippen LogP contribution in [0.5, 0.6) is 0 Å². The molecule has 0 aliphatic carbocycles. The molecule has 1 saturated heterocycles. The average molecular weight is 733 g/mol. The van der Waals surface area contributed by atoms with E-state index in [1.165, 1.54) is 77.0 Å². The van der Waals surface area contributed by atoms with Gasteiger partial charge in [-0.25, -0.2) is 9.59 Å². The third-order valence-corrected chi connectivity index (χ3v) is 15.9. The highest BCUT2D eigenvalue weighted by Gasteiger charge is 2.59. The van der Waals surface area contributed by atoms with Crippen LogP contribution in [0.4, 0.5) is 16.2 Å². The molecule has 49 heavy (non-hydrogen) atoms. The highest BCUT2D eigenvalue weighted by Crippen LogP contribution is 2.55. The third-order valence-electron chi connectivity index (χ3n) is 8.61. The van der Waals surface area contributed by atoms with Gasteiger partial charge in [0.1, 0.15) is 18.6 Å². The second-order valence-corrected chi connectivity index (χ2v) is 20.9. The van der Waals surface area contributed by atoms with Crippen LogP contribution in [0.1, 0.15) is 45.7 Å². The molecule has 2 heterocycles. The van der Waals surface area contributed by atoms with Gasteiger partial charge in [0.2, 0.25) is 5.91 Å². The van der Waals surface area contributed by atoms with Crippen LogP contribution in [-0.4, -0.2) is 64.3 Å². The van der Waals surface area contributed by atoms with Crippen molar-refractivity contribution >= 4 is 61.2 Å². The molecule has 14 nitrogen and oxygen atoms in total. The number of thioether (sulfide) groups is 2. The Morgan fingerprint density at radius 2 is 1.47 bits per heavy atom. The Balaban J connectivity index is 1.43. The molecule has 0 saturated carbocycles. The van der Waals surface area contributed by atoms with Crippen LogP contribution in [0, 0.1) is 26.1 Å². The first-order valence-corrected chi connectivity index (χ1v) is 20.2. The van der Waals surface area contributed by atoms with Crippen molar-refractivity contribution in [2.24, 2.45) is 5.92 Å². The number of fused-ring (bicyclic) bond motifs is 1. The summed E-state index contributed by atoms with van der Waals surface area (Å²) in [5.41, 5.74) is 1.10. The van der Waals surface area contributed by atoms with Crippen molar-refractivity contribution in [2.45, 2.75) is 82.7 Å². The summed E-state index contributed by atoms with van der Waals surface area (Å²) in [6, 6.07) is 11.3. The van der Waals surface area contributed by atoms with Crippen molar-refractivity contribution in [1.82, 2.24) is 10.2 Å². The molecule has 0 aromatic heterocycles. The van der Waals surface area contributed by atoms with Crippen LogP contribution in [0.3, 0.4) is 0 Å². The summed E-state index contributed by atoms with van der Waals surface area (Å²) in [7, 11) is -2.20. The zero-order valence-corrected chi connectivity index (χ0v) is 30.9. The lowest BCUT2D eigenvalue weighted by Gasteiger charge is -2.48. The summed E-state index contributed by atoms with van der Waals surface area (Å²) in [5, 5.41) is 23.9. The number of alkyl carbamates (subject to hydrolysis) is 1. The summed E-state index contributed by atoms with van der Waals surface area (Å²) in [6.45, 7) is 14.3. The minimum atomic E-state index is -2.20. The number of nitrogens with one attached hydrogen (secondary N) is 1. The molecule has 2 aromatic rings. The van der Waals surface area contributed by atoms with Crippen LogP contribution in [0.15, 0.2) is 58.5 Å². The molecule has 4 atom stereocenters. The Hall–Kier alpha value is -3.93. The maximum atomic E-state index is 13.6. The third kappa shape index (κ3) is 9.00. The van der Waals surface area contributed by atoms with Crippen LogP contribution < -0.4 is 5.32 Å². The number of hydrogen-bond donors (Lipinski definition) is 1. The number of carbonyl (C=O) groups is 3. The molecular weight excluding hydrogens is 693 g/mol. The lowest BCUT2D eigenvalue weighted by Crippen LogP contribution is -2.62. The molecule has 2 aliphatic rings. The van der Waals surface area contributed by atoms with Gasteiger partial charge in [-0.15, -0.1) is 11.8 Å². The van der Waals surface area contributed by atoms with Crippen molar-refractivity contribution in [2.75, 3.05) is 6.54 Å². The zero-order valence-electron chi connectivity index (χ0n) is 28.3. The molecule has 0 spiro atoms. The average Bonchev–Trinajstić information content (AvgIpc) is 3.34. The van der Waals surface area contributed by atoms with Crippen molar-refractivity contribution in [3.8, 4) is 0 Å². The first-order valence-electron chi connectivity index (χ1n) is 15.5. The monoisotopic (exact) mass is 732 g/mol. The minimum absolute atomic E-state index is 0.0614. The number of esters is 1. The van der Waals surface area contributed by atoms with E-state index in [1.807, 2.05) is 13.8 Å². The Kier molecular flexibility index (Phi) is 11.8. The molecule has 2 amide bonds. The van der Waals surface area contributed by atoms with Gasteiger partial charge in [0.05, 0.1) is 26.1 Å². The van der Waals surface area contributed by atoms with Crippen LogP contribution in [0.2, 0.25) is 18.1 Å². The second kappa shape index (κ2) is 15.3. The lowest BCUT2D eigenvalue weighted by molar-refractivity contribution is -0.385. The van der Waals surface area contributed by atoms with Crippen molar-refractivity contribution in [1.29, 1.82) is 0 Å². The van der Waals surface area contributed by atoms with Gasteiger partial charge in [0.25, 0.3) is 11.4 Å². The van der Waals surface area contributed by atoms with E-state index in [9.17, 15) is 34.6 Å². The summed E-state index contributed by atoms with van der Waals surface area (Å²) < 4.78 is 18.0. The van der Waals surface area contributed by atoms with Crippen molar-refractivity contribution in [3.05, 3.63) is 89.8 Å². The summed E-state index contributed by atoms with van der Waals surface area (Å²) >= 11 is 2.70. The number of nitro benzene ring substituents is 2. The quantitative estimate of drug-likeness (QED) is 0.0715. The molecular formula is C32H40N4O10S2Si. The number of amides is 2. The van der Waals surface area contributed by atoms with Gasteiger partial charge < -0.3 is 19.2 Å². The minimum Gasteiger partial charge on any atom is -0.456 e. The molecule has 2 aromatic carbocycles. The largest absolute Gasteiger partial charge is 0.456 e. The summed E-state index contributed by atoms with van der Waals surface area (Å²) in [6.07, 6.45) is -1.06. The highest BCUT2D eigenvalue weighted by molar-refractivity contribution is 8.23. The fourth-order valence-corrected chi connectivity index (χ4v) is 9.40. The first kappa shape index (κ1) is 37.9. The van der Waals surface area contributed by atoms with Gasteiger partial charge in [-0.2, -0.15) is 0 Å². The highest BCUT2D eigenvalue weighted by atomic mass is 32.2. The first-order chi connectivity index (χ1) is 22.9. The molecule has 0 radical (unpaired) electrons. The Bertz CT molecular complexity index is 1630. The predicted molar refractivity (Wildman–Crippen MR) is 188 cm³/mol. The fourth-order valence-electron chi connectivity index (χ4n) is 4.82. The van der Waals surface area contributed by atoms with E-state index in [4.69, 9.17) is 13.9 Å². The number of nitrogens with zero attached hydrogens (tertiary/aromatic N) is 3. The molecule has 264 valence electrons. The Labute approximate surface area is 293 Å². The van der Waals surface area contributed by atoms with Crippen molar-refractivity contribution in [3.63, 3.8) is 0 Å². The Morgan fingerprint density at radius 3 is 1.96 bits per heavy atom. The molecule has 0 bridgehead atoms. The number of benzene rings is 2. The van der Waals surface area contributed by atoms with Gasteiger partial charge in [-0.05, 0) is 60.4 Å². The molecule has 4 rings (SSSR count). The smallest absolute Gasteiger partial charge is 0.407 e. The number of rotatable bonds is 14. The van der Waals surface area contributed by atoms with Crippen LogP contribution in [0.25, 0.3) is 0 Å². The lowest BCUT2D eigenvalue weighted by atomic mass is 9.92. The predicted octanol–water partition coefficient (Wildman–Crippen LogP) is 6.71. The van der Waals surface area contributed by atoms with E-state index in [-0.39, 0.29) is 64.5 Å². The van der Waals surface area contributed by atoms with Gasteiger partial charge >= 0.3 is 12.1 Å². The van der Waals surface area contributed by atoms with Crippen LogP contribution in [-0.2, 0) is 36.7 Å². The molecule has 1 N–H and O–H groups in total. The van der Waals surface area contributed by atoms with E-state index in [1.54, 1.807) is 0 Å². The van der Waals surface area contributed by atoms with Gasteiger partial charge in [-0.1, -0.05) is 39.5 Å². The molecule has 1 fully saturated rings. The topological polar surface area (TPSA) is 180 Å². The van der Waals surface area contributed by atoms with Crippen molar-refractivity contribution < 1.29 is 38.1 Å². The standard InChI is InChI=1S/C32H40N4O10S2Si/c1-19(16-33-31(39)45-18-22-10-14-24(15-11-22)36(42)43)47-30-26(29(38)44-17-21-8-12-23(13-9-21)35(40)41)34-27(37)25(28(34)48-30)20(2)46-49(6,7)32(3,4)5/h8-15,19-20,25,28H,16-18H2,1-7H3,(H,33,39)/t19?,20?,25?,28-/m1/s1. The number of β-lactam (4-membered cyclic amide) rings is 1. The summed E-state index contributed by atoms with van der Waals surface area (Å²) in [5.74, 6) is -1.41. The fraction of sp³-hybridized carbons (Fsp3) is 0.469. The van der Waals surface area contributed by atoms with Gasteiger partial charge in [0.15, 0.2) is 14.0 Å². The Morgan fingerprint density at radius 1 is 0.959 bits per heavy atom.